The minimum atomic E-state index is -0.0131. The Kier molecular flexibility index (Phi) is 3.84. The van der Waals surface area contributed by atoms with Crippen molar-refractivity contribution in [3.05, 3.63) is 17.9 Å². The standard InChI is InChI=1S/C13H20N2O2/c1-3-6-14-7-9-15(10-8-14)13-5-4-12(17-13)11(2)16/h4-5H,3,6-10H2,1-2H3. The van der Waals surface area contributed by atoms with Gasteiger partial charge in [-0.25, -0.2) is 0 Å². The van der Waals surface area contributed by atoms with Gasteiger partial charge in [0.15, 0.2) is 17.4 Å². The molecule has 0 aromatic carbocycles. The van der Waals surface area contributed by atoms with Crippen molar-refractivity contribution in [3.63, 3.8) is 0 Å². The first-order chi connectivity index (χ1) is 8.20. The maximum Gasteiger partial charge on any atom is 0.196 e. The summed E-state index contributed by atoms with van der Waals surface area (Å²) >= 11 is 0. The van der Waals surface area contributed by atoms with Crippen LogP contribution in [0.15, 0.2) is 16.5 Å². The number of carbonyl (C=O) groups is 1. The van der Waals surface area contributed by atoms with E-state index < -0.39 is 0 Å². The first-order valence-corrected chi connectivity index (χ1v) is 6.28. The van der Waals surface area contributed by atoms with Crippen LogP contribution in [0.25, 0.3) is 0 Å². The first kappa shape index (κ1) is 12.2. The number of nitrogens with zero attached hydrogens (tertiary/aromatic N) is 2. The number of rotatable bonds is 4. The quantitative estimate of drug-likeness (QED) is 0.749. The van der Waals surface area contributed by atoms with Crippen LogP contribution < -0.4 is 4.90 Å². The number of hydrogen-bond acceptors (Lipinski definition) is 4. The Morgan fingerprint density at radius 2 is 2.00 bits per heavy atom. The predicted molar refractivity (Wildman–Crippen MR) is 67.7 cm³/mol. The largest absolute Gasteiger partial charge is 0.437 e. The predicted octanol–water partition coefficient (Wildman–Crippen LogP) is 2.01. The highest BCUT2D eigenvalue weighted by Gasteiger charge is 2.19. The average molecular weight is 236 g/mol. The molecular weight excluding hydrogens is 216 g/mol. The van der Waals surface area contributed by atoms with Crippen molar-refractivity contribution in [3.8, 4) is 0 Å². The minimum absolute atomic E-state index is 0.0131. The number of carbonyl (C=O) groups excluding carboxylic acids is 1. The Morgan fingerprint density at radius 1 is 1.29 bits per heavy atom. The molecule has 0 N–H and O–H groups in total. The zero-order valence-corrected chi connectivity index (χ0v) is 10.6. The van der Waals surface area contributed by atoms with E-state index in [1.165, 1.54) is 19.9 Å². The summed E-state index contributed by atoms with van der Waals surface area (Å²) in [6, 6.07) is 3.66. The van der Waals surface area contributed by atoms with Crippen LogP contribution in [0, 0.1) is 0 Å². The van der Waals surface area contributed by atoms with Crippen molar-refractivity contribution in [2.45, 2.75) is 20.3 Å². The van der Waals surface area contributed by atoms with Gasteiger partial charge in [0.1, 0.15) is 0 Å². The topological polar surface area (TPSA) is 36.7 Å². The Labute approximate surface area is 102 Å². The molecule has 0 amide bonds. The van der Waals surface area contributed by atoms with Gasteiger partial charge in [-0.3, -0.25) is 9.69 Å². The Morgan fingerprint density at radius 3 is 2.53 bits per heavy atom. The Balaban J connectivity index is 1.93. The molecular formula is C13H20N2O2. The normalized spacial score (nSPS) is 17.4. The van der Waals surface area contributed by atoms with E-state index in [0.29, 0.717) is 5.76 Å². The molecule has 0 unspecified atom stereocenters. The number of hydrogen-bond donors (Lipinski definition) is 0. The summed E-state index contributed by atoms with van der Waals surface area (Å²) in [5, 5.41) is 0. The molecule has 1 aromatic heterocycles. The van der Waals surface area contributed by atoms with Crippen molar-refractivity contribution in [2.75, 3.05) is 37.6 Å². The summed E-state index contributed by atoms with van der Waals surface area (Å²) in [6.07, 6.45) is 1.20. The van der Waals surface area contributed by atoms with Crippen LogP contribution in [0.3, 0.4) is 0 Å². The summed E-state index contributed by atoms with van der Waals surface area (Å²) in [7, 11) is 0. The molecule has 2 heterocycles. The van der Waals surface area contributed by atoms with Gasteiger partial charge in [-0.15, -0.1) is 0 Å². The van der Waals surface area contributed by atoms with Crippen LogP contribution in [0.2, 0.25) is 0 Å². The lowest BCUT2D eigenvalue weighted by Gasteiger charge is -2.34. The molecule has 4 heteroatoms. The van der Waals surface area contributed by atoms with Gasteiger partial charge in [0.05, 0.1) is 0 Å². The average Bonchev–Trinajstić information content (AvgIpc) is 2.80. The van der Waals surface area contributed by atoms with Gasteiger partial charge >= 0.3 is 0 Å². The monoisotopic (exact) mass is 236 g/mol. The lowest BCUT2D eigenvalue weighted by atomic mass is 10.3. The second-order valence-electron chi connectivity index (χ2n) is 4.52. The second-order valence-corrected chi connectivity index (χ2v) is 4.52. The van der Waals surface area contributed by atoms with Crippen LogP contribution in [0.1, 0.15) is 30.8 Å². The van der Waals surface area contributed by atoms with E-state index in [9.17, 15) is 4.79 Å². The summed E-state index contributed by atoms with van der Waals surface area (Å²) < 4.78 is 5.54. The summed E-state index contributed by atoms with van der Waals surface area (Å²) in [6.45, 7) is 9.01. The minimum Gasteiger partial charge on any atom is -0.437 e. The molecule has 2 rings (SSSR count). The molecule has 1 aromatic rings. The van der Waals surface area contributed by atoms with Crippen molar-refractivity contribution in [2.24, 2.45) is 0 Å². The van der Waals surface area contributed by atoms with Crippen molar-refractivity contribution in [1.29, 1.82) is 0 Å². The molecule has 94 valence electrons. The van der Waals surface area contributed by atoms with Crippen molar-refractivity contribution in [1.82, 2.24) is 4.90 Å². The fourth-order valence-electron chi connectivity index (χ4n) is 2.19. The van der Waals surface area contributed by atoms with Crippen LogP contribution in [-0.4, -0.2) is 43.4 Å². The zero-order valence-electron chi connectivity index (χ0n) is 10.6. The van der Waals surface area contributed by atoms with E-state index in [2.05, 4.69) is 16.7 Å². The van der Waals surface area contributed by atoms with Gasteiger partial charge in [0.2, 0.25) is 0 Å². The molecule has 1 fully saturated rings. The fourth-order valence-corrected chi connectivity index (χ4v) is 2.19. The van der Waals surface area contributed by atoms with E-state index in [-0.39, 0.29) is 5.78 Å². The molecule has 1 aliphatic heterocycles. The Hall–Kier alpha value is -1.29. The lowest BCUT2D eigenvalue weighted by molar-refractivity contribution is 0.0987. The summed E-state index contributed by atoms with van der Waals surface area (Å²) in [5.74, 6) is 1.27. The van der Waals surface area contributed by atoms with E-state index in [4.69, 9.17) is 4.42 Å². The molecule has 0 aliphatic carbocycles. The highest BCUT2D eigenvalue weighted by Crippen LogP contribution is 2.20. The van der Waals surface area contributed by atoms with Crippen LogP contribution in [0.5, 0.6) is 0 Å². The molecule has 0 spiro atoms. The van der Waals surface area contributed by atoms with Gasteiger partial charge in [0.25, 0.3) is 0 Å². The van der Waals surface area contributed by atoms with E-state index >= 15 is 0 Å². The SMILES string of the molecule is CCCN1CCN(c2ccc(C(C)=O)o2)CC1. The number of Topliss-reactive ketones (excluding diaryl/α,β-unsaturated/α-hetero) is 1. The van der Waals surface area contributed by atoms with E-state index in [0.717, 1.165) is 32.1 Å². The maximum absolute atomic E-state index is 11.2. The van der Waals surface area contributed by atoms with Crippen LogP contribution in [0.4, 0.5) is 5.88 Å². The smallest absolute Gasteiger partial charge is 0.196 e. The van der Waals surface area contributed by atoms with Gasteiger partial charge in [-0.05, 0) is 19.0 Å². The maximum atomic E-state index is 11.2. The third kappa shape index (κ3) is 2.88. The molecule has 0 radical (unpaired) electrons. The highest BCUT2D eigenvalue weighted by molar-refractivity contribution is 5.91. The number of piperazine rings is 1. The first-order valence-electron chi connectivity index (χ1n) is 6.28. The highest BCUT2D eigenvalue weighted by atomic mass is 16.4. The zero-order chi connectivity index (χ0) is 12.3. The van der Waals surface area contributed by atoms with E-state index in [1.54, 1.807) is 6.07 Å². The number of furan rings is 1. The summed E-state index contributed by atoms with van der Waals surface area (Å²) in [4.78, 5) is 15.8. The fraction of sp³-hybridized carbons (Fsp3) is 0.615. The third-order valence-corrected chi connectivity index (χ3v) is 3.16. The Bertz CT molecular complexity index is 379. The molecule has 0 saturated carbocycles. The second kappa shape index (κ2) is 5.36. The van der Waals surface area contributed by atoms with Crippen LogP contribution in [-0.2, 0) is 0 Å². The molecule has 1 saturated heterocycles. The van der Waals surface area contributed by atoms with Crippen molar-refractivity contribution < 1.29 is 9.21 Å². The number of anilines is 1. The van der Waals surface area contributed by atoms with Gasteiger partial charge in [-0.2, -0.15) is 0 Å². The molecule has 4 nitrogen and oxygen atoms in total. The van der Waals surface area contributed by atoms with E-state index in [1.807, 2.05) is 6.07 Å². The van der Waals surface area contributed by atoms with Gasteiger partial charge in [0, 0.05) is 39.2 Å². The lowest BCUT2D eigenvalue weighted by Crippen LogP contribution is -2.46. The van der Waals surface area contributed by atoms with Crippen molar-refractivity contribution >= 4 is 11.7 Å². The van der Waals surface area contributed by atoms with Gasteiger partial charge < -0.3 is 9.32 Å². The third-order valence-electron chi connectivity index (χ3n) is 3.16. The molecule has 0 bridgehead atoms. The molecule has 17 heavy (non-hydrogen) atoms. The summed E-state index contributed by atoms with van der Waals surface area (Å²) in [5.41, 5.74) is 0. The number of ketones is 1. The van der Waals surface area contributed by atoms with Gasteiger partial charge in [-0.1, -0.05) is 6.92 Å². The molecule has 0 atom stereocenters. The molecule has 1 aliphatic rings. The van der Waals surface area contributed by atoms with Crippen LogP contribution >= 0.6 is 0 Å².